The SMILES string of the molecule is C[C@H](NS(=O)(=O)c1ccccc1-c1ccc(-c2cnc(N)nc2)c(F)c1)C(=O)O.S. The third-order valence-electron chi connectivity index (χ3n) is 4.14. The Hall–Kier alpha value is -3.02. The van der Waals surface area contributed by atoms with Crippen LogP contribution in [0, 0.1) is 5.82 Å². The van der Waals surface area contributed by atoms with Crippen LogP contribution in [0.4, 0.5) is 10.3 Å². The first-order chi connectivity index (χ1) is 13.7. The number of benzene rings is 2. The van der Waals surface area contributed by atoms with Crippen LogP contribution in [-0.4, -0.2) is 35.5 Å². The molecule has 0 aliphatic heterocycles. The molecule has 158 valence electrons. The number of halogens is 1. The molecule has 11 heteroatoms. The summed E-state index contributed by atoms with van der Waals surface area (Å²) in [5, 5.41) is 8.98. The molecule has 0 unspecified atom stereocenters. The topological polar surface area (TPSA) is 135 Å². The Labute approximate surface area is 179 Å². The lowest BCUT2D eigenvalue weighted by molar-refractivity contribution is -0.138. The maximum atomic E-state index is 14.7. The van der Waals surface area contributed by atoms with E-state index in [1.807, 2.05) is 0 Å². The molecule has 0 saturated carbocycles. The Bertz CT molecular complexity index is 1170. The molecule has 1 atom stereocenters. The third-order valence-corrected chi connectivity index (χ3v) is 5.74. The van der Waals surface area contributed by atoms with Crippen molar-refractivity contribution in [3.8, 4) is 22.3 Å². The number of nitrogens with one attached hydrogen (secondary N) is 1. The number of nitrogens with two attached hydrogens (primary N) is 1. The molecule has 0 aliphatic carbocycles. The first-order valence-electron chi connectivity index (χ1n) is 8.41. The summed E-state index contributed by atoms with van der Waals surface area (Å²) in [4.78, 5) is 18.5. The first kappa shape index (κ1) is 23.3. The largest absolute Gasteiger partial charge is 0.480 e. The molecule has 3 aromatic rings. The summed E-state index contributed by atoms with van der Waals surface area (Å²) in [6, 6.07) is 8.86. The van der Waals surface area contributed by atoms with Crippen molar-refractivity contribution >= 4 is 35.4 Å². The average Bonchev–Trinajstić information content (AvgIpc) is 2.68. The van der Waals surface area contributed by atoms with Crippen LogP contribution in [0.1, 0.15) is 6.92 Å². The van der Waals surface area contributed by atoms with Crippen molar-refractivity contribution in [3.05, 3.63) is 60.7 Å². The highest BCUT2D eigenvalue weighted by atomic mass is 32.2. The van der Waals surface area contributed by atoms with Crippen LogP contribution in [0.2, 0.25) is 0 Å². The van der Waals surface area contributed by atoms with E-state index < -0.39 is 27.9 Å². The van der Waals surface area contributed by atoms with E-state index in [1.165, 1.54) is 49.6 Å². The van der Waals surface area contributed by atoms with Crippen LogP contribution in [-0.2, 0) is 14.8 Å². The van der Waals surface area contributed by atoms with Gasteiger partial charge in [-0.05, 0) is 24.6 Å². The van der Waals surface area contributed by atoms with Crippen molar-refractivity contribution in [2.45, 2.75) is 17.9 Å². The minimum atomic E-state index is -4.15. The molecule has 3 rings (SSSR count). The smallest absolute Gasteiger partial charge is 0.321 e. The number of nitrogen functional groups attached to an aromatic ring is 1. The van der Waals surface area contributed by atoms with Crippen LogP contribution in [0.15, 0.2) is 59.8 Å². The van der Waals surface area contributed by atoms with E-state index in [4.69, 9.17) is 10.8 Å². The van der Waals surface area contributed by atoms with E-state index in [-0.39, 0.29) is 35.5 Å². The number of carboxylic acids is 1. The summed E-state index contributed by atoms with van der Waals surface area (Å²) in [5.41, 5.74) is 6.63. The maximum absolute atomic E-state index is 14.7. The molecule has 1 aromatic heterocycles. The molecule has 0 radical (unpaired) electrons. The highest BCUT2D eigenvalue weighted by molar-refractivity contribution is 7.89. The van der Waals surface area contributed by atoms with Gasteiger partial charge in [-0.25, -0.2) is 22.8 Å². The molecule has 0 aliphatic rings. The molecule has 0 spiro atoms. The Morgan fingerprint density at radius 1 is 1.10 bits per heavy atom. The molecule has 2 aromatic carbocycles. The summed E-state index contributed by atoms with van der Waals surface area (Å²) < 4.78 is 42.1. The number of nitrogens with zero attached hydrogens (tertiary/aromatic N) is 2. The summed E-state index contributed by atoms with van der Waals surface area (Å²) >= 11 is 0. The van der Waals surface area contributed by atoms with Crippen molar-refractivity contribution in [3.63, 3.8) is 0 Å². The number of carbonyl (C=O) groups is 1. The van der Waals surface area contributed by atoms with Gasteiger partial charge >= 0.3 is 5.97 Å². The second-order valence-electron chi connectivity index (χ2n) is 6.20. The summed E-state index contributed by atoms with van der Waals surface area (Å²) in [5.74, 6) is -1.85. The van der Waals surface area contributed by atoms with E-state index in [0.717, 1.165) is 0 Å². The number of aliphatic carboxylic acids is 1. The zero-order valence-corrected chi connectivity index (χ0v) is 17.5. The fourth-order valence-electron chi connectivity index (χ4n) is 2.68. The third kappa shape index (κ3) is 4.93. The van der Waals surface area contributed by atoms with Gasteiger partial charge in [0.25, 0.3) is 0 Å². The van der Waals surface area contributed by atoms with Crippen LogP contribution < -0.4 is 10.5 Å². The minimum absolute atomic E-state index is 0. The number of anilines is 1. The molecule has 0 bridgehead atoms. The van der Waals surface area contributed by atoms with Crippen molar-refractivity contribution in [2.24, 2.45) is 0 Å². The Balaban J connectivity index is 0.00000320. The number of hydrogen-bond donors (Lipinski definition) is 3. The van der Waals surface area contributed by atoms with Gasteiger partial charge in [0.1, 0.15) is 11.9 Å². The molecule has 1 heterocycles. The van der Waals surface area contributed by atoms with Crippen molar-refractivity contribution < 1.29 is 22.7 Å². The van der Waals surface area contributed by atoms with E-state index in [1.54, 1.807) is 12.1 Å². The van der Waals surface area contributed by atoms with Gasteiger partial charge < -0.3 is 10.8 Å². The zero-order valence-electron chi connectivity index (χ0n) is 15.7. The average molecular weight is 451 g/mol. The summed E-state index contributed by atoms with van der Waals surface area (Å²) in [6.45, 7) is 1.21. The van der Waals surface area contributed by atoms with E-state index in [2.05, 4.69) is 14.7 Å². The van der Waals surface area contributed by atoms with E-state index >= 15 is 0 Å². The maximum Gasteiger partial charge on any atom is 0.321 e. The highest BCUT2D eigenvalue weighted by Crippen LogP contribution is 2.31. The molecule has 0 amide bonds. The Morgan fingerprint density at radius 3 is 2.33 bits per heavy atom. The van der Waals surface area contributed by atoms with Gasteiger partial charge in [-0.1, -0.05) is 30.3 Å². The fraction of sp³-hybridized carbons (Fsp3) is 0.105. The van der Waals surface area contributed by atoms with Gasteiger partial charge in [0, 0.05) is 29.1 Å². The molecule has 30 heavy (non-hydrogen) atoms. The van der Waals surface area contributed by atoms with E-state index in [9.17, 15) is 17.6 Å². The number of rotatable bonds is 6. The van der Waals surface area contributed by atoms with Gasteiger partial charge in [-0.2, -0.15) is 18.2 Å². The van der Waals surface area contributed by atoms with Crippen LogP contribution in [0.3, 0.4) is 0 Å². The Kier molecular flexibility index (Phi) is 7.13. The molecule has 4 N–H and O–H groups in total. The Morgan fingerprint density at radius 2 is 1.73 bits per heavy atom. The highest BCUT2D eigenvalue weighted by Gasteiger charge is 2.24. The molecule has 0 saturated heterocycles. The molecule has 8 nitrogen and oxygen atoms in total. The number of hydrogen-bond acceptors (Lipinski definition) is 6. The van der Waals surface area contributed by atoms with Crippen molar-refractivity contribution in [1.82, 2.24) is 14.7 Å². The van der Waals surface area contributed by atoms with Crippen molar-refractivity contribution in [2.75, 3.05) is 5.73 Å². The monoisotopic (exact) mass is 450 g/mol. The normalized spacial score (nSPS) is 12.1. The molecule has 0 fully saturated rings. The van der Waals surface area contributed by atoms with Crippen LogP contribution in [0.25, 0.3) is 22.3 Å². The minimum Gasteiger partial charge on any atom is -0.480 e. The summed E-state index contributed by atoms with van der Waals surface area (Å²) in [6.07, 6.45) is 2.77. The standard InChI is InChI=1S/C19H17FN4O4S.H2S/c1-11(18(25)26)24-29(27,28)17-5-3-2-4-15(17)12-6-7-14(16(20)8-12)13-9-22-19(21)23-10-13;/h2-11,24H,1H3,(H,25,26)(H2,21,22,23);1H2/t11-;/m0./s1. The second kappa shape index (κ2) is 9.20. The van der Waals surface area contributed by atoms with E-state index in [0.29, 0.717) is 11.1 Å². The van der Waals surface area contributed by atoms with Gasteiger partial charge in [-0.3, -0.25) is 4.79 Å². The molecular formula is C19H19FN4O4S2. The predicted octanol–water partition coefficient (Wildman–Crippen LogP) is 2.40. The predicted molar refractivity (Wildman–Crippen MR) is 115 cm³/mol. The quantitative estimate of drug-likeness (QED) is 0.525. The van der Waals surface area contributed by atoms with Gasteiger partial charge in [0.05, 0.1) is 4.90 Å². The zero-order chi connectivity index (χ0) is 21.2. The number of sulfonamides is 1. The van der Waals surface area contributed by atoms with Gasteiger partial charge in [0.15, 0.2) is 0 Å². The summed E-state index contributed by atoms with van der Waals surface area (Å²) in [7, 11) is -4.15. The molecular weight excluding hydrogens is 431 g/mol. The lowest BCUT2D eigenvalue weighted by Gasteiger charge is -2.14. The lowest BCUT2D eigenvalue weighted by atomic mass is 10.0. The van der Waals surface area contributed by atoms with Gasteiger partial charge in [0.2, 0.25) is 16.0 Å². The van der Waals surface area contributed by atoms with Crippen molar-refractivity contribution in [1.29, 1.82) is 0 Å². The van der Waals surface area contributed by atoms with Crippen LogP contribution >= 0.6 is 13.5 Å². The van der Waals surface area contributed by atoms with Gasteiger partial charge in [-0.15, -0.1) is 0 Å². The number of carboxylic acid groups (broad SMARTS) is 1. The number of aromatic nitrogens is 2. The first-order valence-corrected chi connectivity index (χ1v) is 9.89. The fourth-order valence-corrected chi connectivity index (χ4v) is 4.11. The second-order valence-corrected chi connectivity index (χ2v) is 7.88. The van der Waals surface area contributed by atoms with Crippen LogP contribution in [0.5, 0.6) is 0 Å². The lowest BCUT2D eigenvalue weighted by Crippen LogP contribution is -2.38.